The molecule has 2 aromatic rings. The van der Waals surface area contributed by atoms with Gasteiger partial charge in [0.25, 0.3) is 0 Å². The Morgan fingerprint density at radius 1 is 0.667 bits per heavy atom. The van der Waals surface area contributed by atoms with Gasteiger partial charge < -0.3 is 0 Å². The van der Waals surface area contributed by atoms with Crippen LogP contribution in [0.15, 0.2) is 36.4 Å². The predicted octanol–water partition coefficient (Wildman–Crippen LogP) is 7.67. The Bertz CT molecular complexity index is 1240. The van der Waals surface area contributed by atoms with E-state index in [4.69, 9.17) is 0 Å². The molecule has 0 heterocycles. The van der Waals surface area contributed by atoms with Gasteiger partial charge in [0.05, 0.1) is 10.8 Å². The van der Waals surface area contributed by atoms with E-state index < -0.39 is 10.8 Å². The second-order valence-corrected chi connectivity index (χ2v) is 14.7. The van der Waals surface area contributed by atoms with Crippen molar-refractivity contribution < 1.29 is 9.59 Å². The van der Waals surface area contributed by atoms with E-state index in [-0.39, 0.29) is 34.5 Å². The van der Waals surface area contributed by atoms with Crippen LogP contribution in [0.1, 0.15) is 112 Å². The van der Waals surface area contributed by atoms with Crippen molar-refractivity contribution in [3.63, 3.8) is 0 Å². The number of carbonyl (C=O) groups excluding carboxylic acids is 2. The molecule has 6 atom stereocenters. The quantitative estimate of drug-likeness (QED) is 0.409. The summed E-state index contributed by atoms with van der Waals surface area (Å²) in [7, 11) is 0. The highest BCUT2D eigenvalue weighted by Gasteiger charge is 2.58. The van der Waals surface area contributed by atoms with Crippen LogP contribution < -0.4 is 5.32 Å². The minimum Gasteiger partial charge on any atom is -0.295 e. The van der Waals surface area contributed by atoms with Crippen LogP contribution in [0.3, 0.4) is 0 Å². The molecular weight excluding hydrogens is 478 g/mol. The smallest absolute Gasteiger partial charge is 0.232 e. The molecule has 2 aromatic carbocycles. The highest BCUT2D eigenvalue weighted by Crippen LogP contribution is 2.59. The molecule has 208 valence electrons. The molecule has 4 aliphatic rings. The molecule has 0 aromatic heterocycles. The second-order valence-electron chi connectivity index (χ2n) is 14.7. The number of rotatable bonds is 2. The first-order valence-corrected chi connectivity index (χ1v) is 15.5. The zero-order valence-corrected chi connectivity index (χ0v) is 25.0. The first kappa shape index (κ1) is 26.8. The third-order valence-corrected chi connectivity index (χ3v) is 12.3. The number of fused-ring (bicyclic) bond motifs is 6. The van der Waals surface area contributed by atoms with Crippen LogP contribution in [-0.4, -0.2) is 11.8 Å². The summed E-state index contributed by atoms with van der Waals surface area (Å²) < 4.78 is 0. The molecule has 0 radical (unpaired) electrons. The number of amides is 2. The lowest BCUT2D eigenvalue weighted by Gasteiger charge is -2.56. The largest absolute Gasteiger partial charge is 0.295 e. The first-order chi connectivity index (χ1) is 18.4. The molecule has 0 unspecified atom stereocenters. The van der Waals surface area contributed by atoms with E-state index in [0.29, 0.717) is 0 Å². The third kappa shape index (κ3) is 3.89. The lowest BCUT2D eigenvalue weighted by atomic mass is 9.49. The number of carbonyl (C=O) groups is 2. The van der Waals surface area contributed by atoms with Gasteiger partial charge >= 0.3 is 0 Å². The summed E-state index contributed by atoms with van der Waals surface area (Å²) in [5.74, 6) is 0.435. The molecule has 3 nitrogen and oxygen atoms in total. The number of hydrogen-bond acceptors (Lipinski definition) is 2. The summed E-state index contributed by atoms with van der Waals surface area (Å²) in [5, 5.41) is 3.09. The molecule has 1 N–H and O–H groups in total. The van der Waals surface area contributed by atoms with Gasteiger partial charge in [0, 0.05) is 0 Å². The molecule has 0 saturated heterocycles. The highest BCUT2D eigenvalue weighted by atomic mass is 16.2. The van der Waals surface area contributed by atoms with Crippen molar-refractivity contribution in [3.8, 4) is 0 Å². The number of nitrogens with one attached hydrogen (secondary N) is 1. The van der Waals surface area contributed by atoms with Crippen LogP contribution in [0, 0.1) is 36.5 Å². The Labute approximate surface area is 235 Å². The van der Waals surface area contributed by atoms with Gasteiger partial charge in [-0.05, 0) is 110 Å². The Morgan fingerprint density at radius 3 is 1.49 bits per heavy atom. The van der Waals surface area contributed by atoms with Crippen molar-refractivity contribution in [1.29, 1.82) is 0 Å². The fraction of sp³-hybridized carbons (Fsp3) is 0.611. The maximum atomic E-state index is 14.2. The van der Waals surface area contributed by atoms with Crippen LogP contribution in [0.5, 0.6) is 0 Å². The van der Waals surface area contributed by atoms with Gasteiger partial charge in [-0.1, -0.05) is 88.1 Å². The van der Waals surface area contributed by atoms with Gasteiger partial charge in [-0.25, -0.2) is 0 Å². The van der Waals surface area contributed by atoms with E-state index in [1.807, 2.05) is 0 Å². The maximum absolute atomic E-state index is 14.2. The molecular formula is C36H47NO2. The topological polar surface area (TPSA) is 46.2 Å². The average Bonchev–Trinajstić information content (AvgIpc) is 2.89. The number of aryl methyl sites for hydroxylation is 4. The van der Waals surface area contributed by atoms with Gasteiger partial charge in [-0.15, -0.1) is 0 Å². The van der Waals surface area contributed by atoms with Crippen molar-refractivity contribution >= 4 is 11.8 Å². The second kappa shape index (κ2) is 9.05. The lowest BCUT2D eigenvalue weighted by Crippen LogP contribution is -2.60. The van der Waals surface area contributed by atoms with Crippen molar-refractivity contribution in [2.45, 2.75) is 117 Å². The van der Waals surface area contributed by atoms with Gasteiger partial charge in [0.15, 0.2) is 0 Å². The molecule has 0 bridgehead atoms. The summed E-state index contributed by atoms with van der Waals surface area (Å²) in [5.41, 5.74) is 7.24. The molecule has 2 saturated carbocycles. The molecule has 39 heavy (non-hydrogen) atoms. The Kier molecular flexibility index (Phi) is 6.21. The van der Waals surface area contributed by atoms with E-state index in [0.717, 1.165) is 64.2 Å². The molecule has 3 heteroatoms. The molecule has 2 amide bonds. The highest BCUT2D eigenvalue weighted by molar-refractivity contribution is 6.00. The SMILES string of the molecule is Cc1ccc2c(c1)[C@@]1(C)CCC[C@](C)(C(=O)NC(=O)[C@@]3(C)CCC[C@]4(C)c5cc(C)ccc5CC[C@@H]34)[C@@H]1CC2. The molecule has 4 aliphatic carbocycles. The molecule has 0 spiro atoms. The summed E-state index contributed by atoms with van der Waals surface area (Å²) >= 11 is 0. The van der Waals surface area contributed by atoms with Crippen molar-refractivity contribution in [3.05, 3.63) is 69.8 Å². The Balaban J connectivity index is 1.28. The first-order valence-electron chi connectivity index (χ1n) is 15.5. The predicted molar refractivity (Wildman–Crippen MR) is 158 cm³/mol. The van der Waals surface area contributed by atoms with Crippen LogP contribution in [0.25, 0.3) is 0 Å². The van der Waals surface area contributed by atoms with Gasteiger partial charge in [-0.2, -0.15) is 0 Å². The molecule has 2 fully saturated rings. The minimum atomic E-state index is -0.533. The number of hydrogen-bond donors (Lipinski definition) is 1. The van der Waals surface area contributed by atoms with Crippen molar-refractivity contribution in [2.24, 2.45) is 22.7 Å². The monoisotopic (exact) mass is 525 g/mol. The van der Waals surface area contributed by atoms with E-state index in [2.05, 4.69) is 83.3 Å². The third-order valence-electron chi connectivity index (χ3n) is 12.3. The van der Waals surface area contributed by atoms with E-state index in [9.17, 15) is 9.59 Å². The summed E-state index contributed by atoms with van der Waals surface area (Å²) in [6, 6.07) is 13.8. The normalized spacial score (nSPS) is 37.1. The van der Waals surface area contributed by atoms with Crippen LogP contribution in [-0.2, 0) is 33.3 Å². The zero-order chi connectivity index (χ0) is 27.8. The van der Waals surface area contributed by atoms with Crippen molar-refractivity contribution in [1.82, 2.24) is 5.32 Å². The van der Waals surface area contributed by atoms with Crippen LogP contribution in [0.2, 0.25) is 0 Å². The zero-order valence-electron chi connectivity index (χ0n) is 25.0. The minimum absolute atomic E-state index is 0.0226. The summed E-state index contributed by atoms with van der Waals surface area (Å²) in [6.45, 7) is 13.4. The van der Waals surface area contributed by atoms with Gasteiger partial charge in [-0.3, -0.25) is 14.9 Å². The van der Waals surface area contributed by atoms with E-state index in [1.165, 1.54) is 33.4 Å². The van der Waals surface area contributed by atoms with Gasteiger partial charge in [0.2, 0.25) is 11.8 Å². The van der Waals surface area contributed by atoms with Gasteiger partial charge in [0.1, 0.15) is 0 Å². The van der Waals surface area contributed by atoms with Crippen LogP contribution >= 0.6 is 0 Å². The standard InChI is InChI=1S/C36H47NO2/c1-23-9-11-25-13-15-29-33(3,27(25)21-23)17-7-19-35(29,5)31(38)37-32(39)36(6)20-8-18-34(4)28-22-24(2)10-12-26(28)14-16-30(34)36/h9-12,21-22,29-30H,7-8,13-20H2,1-6H3,(H,37,38,39)/t29-,30-,33-,34-,35+,36+/m1/s1. The maximum Gasteiger partial charge on any atom is 0.232 e. The molecule has 6 rings (SSSR count). The summed E-state index contributed by atoms with van der Waals surface area (Å²) in [4.78, 5) is 28.5. The lowest BCUT2D eigenvalue weighted by molar-refractivity contribution is -0.150. The fourth-order valence-electron chi connectivity index (χ4n) is 10.1. The Hall–Kier alpha value is -2.42. The van der Waals surface area contributed by atoms with Crippen molar-refractivity contribution in [2.75, 3.05) is 0 Å². The van der Waals surface area contributed by atoms with E-state index >= 15 is 0 Å². The number of imide groups is 1. The molecule has 0 aliphatic heterocycles. The number of benzene rings is 2. The van der Waals surface area contributed by atoms with Crippen LogP contribution in [0.4, 0.5) is 0 Å². The van der Waals surface area contributed by atoms with E-state index in [1.54, 1.807) is 0 Å². The summed E-state index contributed by atoms with van der Waals surface area (Å²) in [6.07, 6.45) is 10.0. The Morgan fingerprint density at radius 2 is 1.08 bits per heavy atom. The fourth-order valence-corrected chi connectivity index (χ4v) is 10.1. The average molecular weight is 526 g/mol.